The number of rotatable bonds is 4. The van der Waals surface area contributed by atoms with Crippen molar-refractivity contribution in [3.8, 4) is 0 Å². The fourth-order valence-electron chi connectivity index (χ4n) is 2.69. The normalized spacial score (nSPS) is 17.6. The summed E-state index contributed by atoms with van der Waals surface area (Å²) in [6, 6.07) is 0.232. The zero-order valence-electron chi connectivity index (χ0n) is 14.4. The lowest BCUT2D eigenvalue weighted by atomic mass is 9.94. The average molecular weight is 304 g/mol. The number of aromatic nitrogens is 2. The Hall–Kier alpha value is -1.65. The van der Waals surface area contributed by atoms with Gasteiger partial charge in [0.15, 0.2) is 0 Å². The number of nitrogens with zero attached hydrogens (tertiary/aromatic N) is 3. The Morgan fingerprint density at radius 2 is 1.91 bits per heavy atom. The molecule has 2 heterocycles. The Balaban J connectivity index is 1.93. The molecule has 0 aliphatic carbocycles. The van der Waals surface area contributed by atoms with Gasteiger partial charge in [0.1, 0.15) is 5.82 Å². The van der Waals surface area contributed by atoms with E-state index in [4.69, 9.17) is 0 Å². The molecular formula is C17H28N4O. The molecule has 1 aliphatic rings. The van der Waals surface area contributed by atoms with Crippen molar-refractivity contribution in [2.24, 2.45) is 11.8 Å². The van der Waals surface area contributed by atoms with Crippen molar-refractivity contribution in [2.75, 3.05) is 18.0 Å². The molecule has 1 amide bonds. The summed E-state index contributed by atoms with van der Waals surface area (Å²) in [7, 11) is 0. The van der Waals surface area contributed by atoms with E-state index in [1.54, 1.807) is 6.20 Å². The van der Waals surface area contributed by atoms with Crippen LogP contribution in [0.15, 0.2) is 6.20 Å². The molecule has 0 unspecified atom stereocenters. The predicted molar refractivity (Wildman–Crippen MR) is 88.9 cm³/mol. The Kier molecular flexibility index (Phi) is 5.37. The van der Waals surface area contributed by atoms with Crippen LogP contribution in [0.5, 0.6) is 0 Å². The van der Waals surface area contributed by atoms with E-state index in [0.29, 0.717) is 5.92 Å². The topological polar surface area (TPSA) is 58.1 Å². The third-order valence-electron chi connectivity index (χ3n) is 4.59. The molecule has 0 spiro atoms. The zero-order chi connectivity index (χ0) is 16.3. The predicted octanol–water partition coefficient (Wildman–Crippen LogP) is 2.47. The maximum absolute atomic E-state index is 12.3. The summed E-state index contributed by atoms with van der Waals surface area (Å²) in [5, 5.41) is 3.14. The lowest BCUT2D eigenvalue weighted by Gasteiger charge is -2.33. The molecule has 1 aromatic rings. The van der Waals surface area contributed by atoms with Gasteiger partial charge in [-0.1, -0.05) is 13.8 Å². The van der Waals surface area contributed by atoms with Crippen LogP contribution in [0.25, 0.3) is 0 Å². The number of amides is 1. The van der Waals surface area contributed by atoms with E-state index in [2.05, 4.69) is 41.0 Å². The van der Waals surface area contributed by atoms with E-state index in [1.807, 2.05) is 13.8 Å². The van der Waals surface area contributed by atoms with Gasteiger partial charge < -0.3 is 10.2 Å². The molecule has 0 bridgehead atoms. The number of carbonyl (C=O) groups is 1. The van der Waals surface area contributed by atoms with Crippen LogP contribution in [0.2, 0.25) is 0 Å². The molecule has 5 nitrogen and oxygen atoms in total. The van der Waals surface area contributed by atoms with Crippen molar-refractivity contribution < 1.29 is 4.79 Å². The summed E-state index contributed by atoms with van der Waals surface area (Å²) in [5.74, 6) is 1.76. The van der Waals surface area contributed by atoms with Crippen LogP contribution >= 0.6 is 0 Å². The van der Waals surface area contributed by atoms with Gasteiger partial charge >= 0.3 is 0 Å². The minimum absolute atomic E-state index is 0.121. The summed E-state index contributed by atoms with van der Waals surface area (Å²) in [6.45, 7) is 12.0. The van der Waals surface area contributed by atoms with Crippen molar-refractivity contribution in [3.63, 3.8) is 0 Å². The largest absolute Gasteiger partial charge is 0.355 e. The quantitative estimate of drug-likeness (QED) is 0.928. The molecule has 2 rings (SSSR count). The highest BCUT2D eigenvalue weighted by atomic mass is 16.1. The maximum atomic E-state index is 12.3. The Labute approximate surface area is 133 Å². The molecule has 0 aromatic carbocycles. The van der Waals surface area contributed by atoms with Gasteiger partial charge in [0.05, 0.1) is 11.4 Å². The molecule has 1 fully saturated rings. The summed E-state index contributed by atoms with van der Waals surface area (Å²) in [4.78, 5) is 23.6. The van der Waals surface area contributed by atoms with Gasteiger partial charge in [-0.15, -0.1) is 0 Å². The second-order valence-electron chi connectivity index (χ2n) is 6.72. The van der Waals surface area contributed by atoms with Gasteiger partial charge in [0.2, 0.25) is 5.91 Å². The molecule has 1 saturated heterocycles. The smallest absolute Gasteiger partial charge is 0.223 e. The fourth-order valence-corrected chi connectivity index (χ4v) is 2.69. The summed E-state index contributed by atoms with van der Waals surface area (Å²) >= 11 is 0. The summed E-state index contributed by atoms with van der Waals surface area (Å²) in [6.07, 6.45) is 3.56. The maximum Gasteiger partial charge on any atom is 0.223 e. The molecule has 0 radical (unpaired) electrons. The van der Waals surface area contributed by atoms with E-state index < -0.39 is 0 Å². The molecule has 22 heavy (non-hydrogen) atoms. The lowest BCUT2D eigenvalue weighted by Crippen LogP contribution is -2.44. The second-order valence-corrected chi connectivity index (χ2v) is 6.72. The standard InChI is InChI=1S/C17H28N4O/c1-11(2)13(4)20-17(22)15-6-8-21(9-7-15)16-14(5)18-10-12(3)19-16/h10-11,13,15H,6-9H2,1-5H3,(H,20,22)/t13-/m0/s1. The Morgan fingerprint density at radius 1 is 1.27 bits per heavy atom. The zero-order valence-corrected chi connectivity index (χ0v) is 14.4. The van der Waals surface area contributed by atoms with Crippen LogP contribution in [0.1, 0.15) is 45.0 Å². The van der Waals surface area contributed by atoms with Crippen molar-refractivity contribution in [2.45, 2.75) is 53.5 Å². The van der Waals surface area contributed by atoms with Gasteiger partial charge in [0.25, 0.3) is 0 Å². The van der Waals surface area contributed by atoms with Gasteiger partial charge in [-0.05, 0) is 39.5 Å². The van der Waals surface area contributed by atoms with E-state index in [1.165, 1.54) is 0 Å². The van der Waals surface area contributed by atoms with Gasteiger partial charge in [-0.3, -0.25) is 9.78 Å². The number of hydrogen-bond donors (Lipinski definition) is 1. The SMILES string of the molecule is Cc1cnc(C)c(N2CCC(C(=O)N[C@@H](C)C(C)C)CC2)n1. The van der Waals surface area contributed by atoms with Crippen molar-refractivity contribution >= 4 is 11.7 Å². The minimum Gasteiger partial charge on any atom is -0.355 e. The van der Waals surface area contributed by atoms with Crippen LogP contribution in [0, 0.1) is 25.7 Å². The van der Waals surface area contributed by atoms with Crippen molar-refractivity contribution in [3.05, 3.63) is 17.6 Å². The first-order chi connectivity index (χ1) is 10.4. The molecule has 0 saturated carbocycles. The Bertz CT molecular complexity index is 521. The first-order valence-corrected chi connectivity index (χ1v) is 8.24. The Morgan fingerprint density at radius 3 is 2.50 bits per heavy atom. The summed E-state index contributed by atoms with van der Waals surface area (Å²) < 4.78 is 0. The van der Waals surface area contributed by atoms with Gasteiger partial charge in [-0.2, -0.15) is 0 Å². The molecule has 1 aromatic heterocycles. The van der Waals surface area contributed by atoms with E-state index >= 15 is 0 Å². The molecule has 1 atom stereocenters. The van der Waals surface area contributed by atoms with E-state index in [-0.39, 0.29) is 17.9 Å². The lowest BCUT2D eigenvalue weighted by molar-refractivity contribution is -0.126. The number of hydrogen-bond acceptors (Lipinski definition) is 4. The van der Waals surface area contributed by atoms with Crippen LogP contribution < -0.4 is 10.2 Å². The van der Waals surface area contributed by atoms with Crippen molar-refractivity contribution in [1.29, 1.82) is 0 Å². The second kappa shape index (κ2) is 7.07. The number of aryl methyl sites for hydroxylation is 2. The average Bonchev–Trinajstić information content (AvgIpc) is 2.49. The number of piperidine rings is 1. The highest BCUT2D eigenvalue weighted by molar-refractivity contribution is 5.79. The van der Waals surface area contributed by atoms with Crippen molar-refractivity contribution in [1.82, 2.24) is 15.3 Å². The van der Waals surface area contributed by atoms with Crippen LogP contribution in [-0.2, 0) is 4.79 Å². The summed E-state index contributed by atoms with van der Waals surface area (Å²) in [5.41, 5.74) is 1.90. The number of nitrogens with one attached hydrogen (secondary N) is 1. The minimum atomic E-state index is 0.121. The number of anilines is 1. The van der Waals surface area contributed by atoms with Crippen LogP contribution in [0.4, 0.5) is 5.82 Å². The van der Waals surface area contributed by atoms with Crippen LogP contribution in [0.3, 0.4) is 0 Å². The molecule has 5 heteroatoms. The molecule has 1 aliphatic heterocycles. The first kappa shape index (κ1) is 16.7. The first-order valence-electron chi connectivity index (χ1n) is 8.24. The monoisotopic (exact) mass is 304 g/mol. The van der Waals surface area contributed by atoms with Crippen LogP contribution in [-0.4, -0.2) is 35.0 Å². The van der Waals surface area contributed by atoms with E-state index in [9.17, 15) is 4.79 Å². The molecule has 1 N–H and O–H groups in total. The van der Waals surface area contributed by atoms with Gasteiger partial charge in [0, 0.05) is 31.2 Å². The van der Waals surface area contributed by atoms with Gasteiger partial charge in [-0.25, -0.2) is 4.98 Å². The van der Waals surface area contributed by atoms with E-state index in [0.717, 1.165) is 43.1 Å². The third kappa shape index (κ3) is 3.96. The molecular weight excluding hydrogens is 276 g/mol. The molecule has 122 valence electrons. The fraction of sp³-hybridized carbons (Fsp3) is 0.706. The highest BCUT2D eigenvalue weighted by Crippen LogP contribution is 2.24. The highest BCUT2D eigenvalue weighted by Gasteiger charge is 2.27. The third-order valence-corrected chi connectivity index (χ3v) is 4.59. The number of carbonyl (C=O) groups excluding carboxylic acids is 1.